The molecule has 2 heterocycles. The maximum absolute atomic E-state index is 4.62. The first-order valence-corrected chi connectivity index (χ1v) is 7.16. The third-order valence-electron chi connectivity index (χ3n) is 3.36. The number of hydrogen-bond acceptors (Lipinski definition) is 5. The molecule has 0 bridgehead atoms. The molecule has 5 nitrogen and oxygen atoms in total. The minimum Gasteiger partial charge on any atom is -0.370 e. The molecule has 0 amide bonds. The van der Waals surface area contributed by atoms with Crippen LogP contribution in [0.1, 0.15) is 38.9 Å². The summed E-state index contributed by atoms with van der Waals surface area (Å²) < 4.78 is 0. The molecule has 0 aromatic carbocycles. The summed E-state index contributed by atoms with van der Waals surface area (Å²) in [5, 5.41) is 6.81. The van der Waals surface area contributed by atoms with Crippen molar-refractivity contribution in [3.8, 4) is 0 Å². The van der Waals surface area contributed by atoms with Crippen LogP contribution in [-0.2, 0) is 0 Å². The van der Waals surface area contributed by atoms with E-state index in [9.17, 15) is 0 Å². The van der Waals surface area contributed by atoms with Crippen LogP contribution in [0.25, 0.3) is 0 Å². The molecule has 1 aromatic rings. The lowest BCUT2D eigenvalue weighted by atomic mass is 10.2. The maximum atomic E-state index is 4.62. The average Bonchev–Trinajstić information content (AvgIpc) is 2.75. The van der Waals surface area contributed by atoms with E-state index in [1.54, 1.807) is 0 Å². The van der Waals surface area contributed by atoms with E-state index >= 15 is 0 Å². The van der Waals surface area contributed by atoms with Crippen LogP contribution in [0.4, 0.5) is 11.6 Å². The lowest BCUT2D eigenvalue weighted by Crippen LogP contribution is -2.24. The number of anilines is 2. The van der Waals surface area contributed by atoms with E-state index in [2.05, 4.69) is 53.3 Å². The number of likely N-dealkylation sites (tertiary alicyclic amines) is 1. The van der Waals surface area contributed by atoms with Crippen LogP contribution in [0.2, 0.25) is 0 Å². The minimum absolute atomic E-state index is 0.338. The first kappa shape index (κ1) is 14.1. The Hall–Kier alpha value is -1.36. The molecule has 1 aromatic heterocycles. The van der Waals surface area contributed by atoms with Crippen molar-refractivity contribution in [2.45, 2.75) is 39.2 Å². The number of rotatable bonds is 5. The summed E-state index contributed by atoms with van der Waals surface area (Å²) in [5.74, 6) is 3.09. The van der Waals surface area contributed by atoms with Gasteiger partial charge in [0.25, 0.3) is 0 Å². The second kappa shape index (κ2) is 6.19. The molecule has 0 radical (unpaired) electrons. The van der Waals surface area contributed by atoms with Crippen molar-refractivity contribution in [2.24, 2.45) is 0 Å². The molecule has 1 aliphatic rings. The van der Waals surface area contributed by atoms with Crippen LogP contribution < -0.4 is 10.6 Å². The van der Waals surface area contributed by atoms with Gasteiger partial charge in [-0.1, -0.05) is 13.8 Å². The van der Waals surface area contributed by atoms with Crippen molar-refractivity contribution in [1.82, 2.24) is 14.9 Å². The standard InChI is InChI=1S/C14H25N5/c1-5-15-12-8-13(18-14(17-12)10(2)3)16-11-6-7-19(4)9-11/h8,10-11H,5-7,9H2,1-4H3,(H2,15,16,17,18). The lowest BCUT2D eigenvalue weighted by Gasteiger charge is -2.16. The summed E-state index contributed by atoms with van der Waals surface area (Å²) in [6, 6.07) is 2.50. The number of hydrogen-bond donors (Lipinski definition) is 2. The van der Waals surface area contributed by atoms with E-state index in [0.717, 1.165) is 37.1 Å². The number of likely N-dealkylation sites (N-methyl/N-ethyl adjacent to an activating group) is 1. The largest absolute Gasteiger partial charge is 0.370 e. The first-order valence-electron chi connectivity index (χ1n) is 7.16. The minimum atomic E-state index is 0.338. The van der Waals surface area contributed by atoms with Crippen LogP contribution in [-0.4, -0.2) is 47.6 Å². The fourth-order valence-corrected chi connectivity index (χ4v) is 2.33. The van der Waals surface area contributed by atoms with Crippen molar-refractivity contribution in [2.75, 3.05) is 37.3 Å². The summed E-state index contributed by atoms with van der Waals surface area (Å²) in [4.78, 5) is 11.5. The molecule has 1 fully saturated rings. The summed E-state index contributed by atoms with van der Waals surface area (Å²) in [7, 11) is 2.16. The van der Waals surface area contributed by atoms with Gasteiger partial charge in [0, 0.05) is 31.1 Å². The number of nitrogens with one attached hydrogen (secondary N) is 2. The predicted molar refractivity (Wildman–Crippen MR) is 79.8 cm³/mol. The highest BCUT2D eigenvalue weighted by Crippen LogP contribution is 2.19. The van der Waals surface area contributed by atoms with Crippen molar-refractivity contribution in [3.63, 3.8) is 0 Å². The highest BCUT2D eigenvalue weighted by molar-refractivity contribution is 5.48. The highest BCUT2D eigenvalue weighted by Gasteiger charge is 2.20. The fraction of sp³-hybridized carbons (Fsp3) is 0.714. The molecule has 19 heavy (non-hydrogen) atoms. The van der Waals surface area contributed by atoms with Gasteiger partial charge < -0.3 is 15.5 Å². The SMILES string of the molecule is CCNc1cc(NC2CCN(C)C2)nc(C(C)C)n1. The zero-order valence-electron chi connectivity index (χ0n) is 12.4. The summed E-state index contributed by atoms with van der Waals surface area (Å²) >= 11 is 0. The summed E-state index contributed by atoms with van der Waals surface area (Å²) in [6.45, 7) is 9.43. The maximum Gasteiger partial charge on any atom is 0.135 e. The molecule has 106 valence electrons. The molecule has 0 spiro atoms. The van der Waals surface area contributed by atoms with Crippen LogP contribution in [0.3, 0.4) is 0 Å². The third kappa shape index (κ3) is 3.80. The van der Waals surface area contributed by atoms with Gasteiger partial charge in [0.1, 0.15) is 17.5 Å². The Balaban J connectivity index is 2.13. The smallest absolute Gasteiger partial charge is 0.135 e. The van der Waals surface area contributed by atoms with E-state index in [0.29, 0.717) is 12.0 Å². The van der Waals surface area contributed by atoms with Gasteiger partial charge in [-0.2, -0.15) is 0 Å². The molecule has 2 rings (SSSR count). The monoisotopic (exact) mass is 263 g/mol. The van der Waals surface area contributed by atoms with Crippen molar-refractivity contribution in [1.29, 1.82) is 0 Å². The Morgan fingerprint density at radius 2 is 2.11 bits per heavy atom. The topological polar surface area (TPSA) is 53.1 Å². The van der Waals surface area contributed by atoms with E-state index in [-0.39, 0.29) is 0 Å². The first-order chi connectivity index (χ1) is 9.08. The van der Waals surface area contributed by atoms with E-state index in [1.165, 1.54) is 6.42 Å². The van der Waals surface area contributed by atoms with E-state index in [1.807, 2.05) is 6.07 Å². The normalized spacial score (nSPS) is 19.9. The Bertz CT molecular complexity index is 418. The van der Waals surface area contributed by atoms with Crippen LogP contribution in [0.5, 0.6) is 0 Å². The second-order valence-corrected chi connectivity index (χ2v) is 5.57. The van der Waals surface area contributed by atoms with Crippen LogP contribution in [0.15, 0.2) is 6.07 Å². The zero-order valence-corrected chi connectivity index (χ0v) is 12.4. The summed E-state index contributed by atoms with van der Waals surface area (Å²) in [6.07, 6.45) is 1.17. The molecule has 1 aliphatic heterocycles. The Labute approximate surface area is 115 Å². The van der Waals surface area contributed by atoms with Gasteiger partial charge in [0.2, 0.25) is 0 Å². The van der Waals surface area contributed by atoms with E-state index in [4.69, 9.17) is 0 Å². The van der Waals surface area contributed by atoms with E-state index < -0.39 is 0 Å². The van der Waals surface area contributed by atoms with Crippen molar-refractivity contribution < 1.29 is 0 Å². The van der Waals surface area contributed by atoms with Crippen molar-refractivity contribution >= 4 is 11.6 Å². The molecule has 1 atom stereocenters. The molecule has 5 heteroatoms. The second-order valence-electron chi connectivity index (χ2n) is 5.57. The highest BCUT2D eigenvalue weighted by atomic mass is 15.2. The van der Waals surface area contributed by atoms with Gasteiger partial charge in [0.05, 0.1) is 0 Å². The molecule has 0 aliphatic carbocycles. The number of nitrogens with zero attached hydrogens (tertiary/aromatic N) is 3. The van der Waals surface area contributed by atoms with Crippen LogP contribution >= 0.6 is 0 Å². The molecular formula is C14H25N5. The van der Waals surface area contributed by atoms with Crippen LogP contribution in [0, 0.1) is 0 Å². The number of aromatic nitrogens is 2. The quantitative estimate of drug-likeness (QED) is 0.852. The third-order valence-corrected chi connectivity index (χ3v) is 3.36. The molecule has 1 saturated heterocycles. The van der Waals surface area contributed by atoms with Gasteiger partial charge in [-0.3, -0.25) is 0 Å². The summed E-state index contributed by atoms with van der Waals surface area (Å²) in [5.41, 5.74) is 0. The van der Waals surface area contributed by atoms with Gasteiger partial charge in [0.15, 0.2) is 0 Å². The Kier molecular flexibility index (Phi) is 4.58. The average molecular weight is 263 g/mol. The van der Waals surface area contributed by atoms with Gasteiger partial charge >= 0.3 is 0 Å². The zero-order chi connectivity index (χ0) is 13.8. The molecule has 0 saturated carbocycles. The van der Waals surface area contributed by atoms with Crippen molar-refractivity contribution in [3.05, 3.63) is 11.9 Å². The Morgan fingerprint density at radius 1 is 1.37 bits per heavy atom. The fourth-order valence-electron chi connectivity index (χ4n) is 2.33. The molecule has 2 N–H and O–H groups in total. The van der Waals surface area contributed by atoms with Gasteiger partial charge in [-0.05, 0) is 26.9 Å². The predicted octanol–water partition coefficient (Wildman–Crippen LogP) is 2.15. The van der Waals surface area contributed by atoms with Gasteiger partial charge in [-0.25, -0.2) is 9.97 Å². The lowest BCUT2D eigenvalue weighted by molar-refractivity contribution is 0.414. The van der Waals surface area contributed by atoms with Gasteiger partial charge in [-0.15, -0.1) is 0 Å². The Morgan fingerprint density at radius 3 is 2.68 bits per heavy atom. The molecule has 1 unspecified atom stereocenters. The molecular weight excluding hydrogens is 238 g/mol.